The molecule has 2 heteroatoms. The predicted octanol–water partition coefficient (Wildman–Crippen LogP) is 5.61. The van der Waals surface area contributed by atoms with Crippen LogP contribution in [0.3, 0.4) is 0 Å². The number of rotatable bonds is 2. The lowest BCUT2D eigenvalue weighted by Crippen LogP contribution is -2.50. The zero-order valence-electron chi connectivity index (χ0n) is 17.7. The van der Waals surface area contributed by atoms with Crippen molar-refractivity contribution >= 4 is 5.91 Å². The number of nitrogens with one attached hydrogen (secondary N) is 1. The summed E-state index contributed by atoms with van der Waals surface area (Å²) >= 11 is 0. The fourth-order valence-electron chi connectivity index (χ4n) is 7.59. The van der Waals surface area contributed by atoms with Crippen LogP contribution in [0.2, 0.25) is 0 Å². The van der Waals surface area contributed by atoms with Crippen molar-refractivity contribution in [3.05, 3.63) is 70.8 Å². The number of carbonyl (C=O) groups is 1. The second kappa shape index (κ2) is 5.74. The quantitative estimate of drug-likeness (QED) is 0.715. The van der Waals surface area contributed by atoms with Crippen LogP contribution in [-0.2, 0) is 4.79 Å². The molecule has 4 atom stereocenters. The van der Waals surface area contributed by atoms with E-state index >= 15 is 0 Å². The largest absolute Gasteiger partial charge is 0.353 e. The second-order valence-corrected chi connectivity index (χ2v) is 10.8. The molecule has 29 heavy (non-hydrogen) atoms. The summed E-state index contributed by atoms with van der Waals surface area (Å²) in [5.41, 5.74) is 6.19. The Hall–Kier alpha value is -2.09. The van der Waals surface area contributed by atoms with Crippen LogP contribution in [0.15, 0.2) is 48.5 Å². The fraction of sp³-hybridized carbons (Fsp3) is 0.519. The van der Waals surface area contributed by atoms with Gasteiger partial charge in [-0.3, -0.25) is 4.79 Å². The third-order valence-electron chi connectivity index (χ3n) is 9.75. The molecule has 2 aromatic carbocycles. The standard InChI is InChI=1S/C27H31NO/c1-26(2)16-12-13-27(26,3)23(14-16)28-25(29)22-15-21-17-8-4-6-10-19(17)24(22)20-11-7-5-9-18(20)21/h4-11,16,21-24H,12-15H2,1-3H3,(H,28,29)/t16-,21?,22+,23-,24?,27-/m0/s1. The summed E-state index contributed by atoms with van der Waals surface area (Å²) in [6.07, 6.45) is 4.67. The van der Waals surface area contributed by atoms with Gasteiger partial charge in [-0.2, -0.15) is 0 Å². The molecule has 2 nitrogen and oxygen atoms in total. The van der Waals surface area contributed by atoms with Crippen molar-refractivity contribution in [2.75, 3.05) is 0 Å². The molecule has 0 unspecified atom stereocenters. The minimum atomic E-state index is 0.0515. The van der Waals surface area contributed by atoms with Crippen molar-refractivity contribution in [1.29, 1.82) is 0 Å². The summed E-state index contributed by atoms with van der Waals surface area (Å²) in [4.78, 5) is 13.7. The van der Waals surface area contributed by atoms with Crippen LogP contribution in [0, 0.1) is 22.7 Å². The molecule has 4 bridgehead atoms. The average molecular weight is 386 g/mol. The van der Waals surface area contributed by atoms with E-state index in [4.69, 9.17) is 0 Å². The summed E-state index contributed by atoms with van der Waals surface area (Å²) in [7, 11) is 0. The van der Waals surface area contributed by atoms with Gasteiger partial charge in [-0.05, 0) is 64.7 Å². The molecule has 2 saturated carbocycles. The third-order valence-corrected chi connectivity index (χ3v) is 9.75. The molecule has 2 aromatic rings. The lowest BCUT2D eigenvalue weighted by molar-refractivity contribution is -0.128. The Morgan fingerprint density at radius 2 is 1.48 bits per heavy atom. The number of carbonyl (C=O) groups excluding carboxylic acids is 1. The van der Waals surface area contributed by atoms with E-state index in [1.54, 1.807) is 0 Å². The van der Waals surface area contributed by atoms with Crippen LogP contribution < -0.4 is 5.32 Å². The molecular formula is C27H31NO. The second-order valence-electron chi connectivity index (χ2n) is 10.8. The topological polar surface area (TPSA) is 29.1 Å². The van der Waals surface area contributed by atoms with Crippen LogP contribution in [0.1, 0.15) is 80.5 Å². The molecule has 150 valence electrons. The van der Waals surface area contributed by atoms with Crippen molar-refractivity contribution in [3.63, 3.8) is 0 Å². The van der Waals surface area contributed by atoms with E-state index in [9.17, 15) is 4.79 Å². The van der Waals surface area contributed by atoms with E-state index < -0.39 is 0 Å². The smallest absolute Gasteiger partial charge is 0.224 e. The fourth-order valence-corrected chi connectivity index (χ4v) is 7.59. The SMILES string of the molecule is CC1(C)[C@H]2CC[C@@]1(C)[C@@H](NC(=O)[C@@H]1CC3c4ccccc4C1c1ccccc13)C2. The Morgan fingerprint density at radius 3 is 2.00 bits per heavy atom. The van der Waals surface area contributed by atoms with Crippen molar-refractivity contribution in [1.82, 2.24) is 5.32 Å². The Bertz CT molecular complexity index is 960. The van der Waals surface area contributed by atoms with Gasteiger partial charge in [0.2, 0.25) is 5.91 Å². The summed E-state index contributed by atoms with van der Waals surface area (Å²) in [6.45, 7) is 7.26. The highest BCUT2D eigenvalue weighted by Crippen LogP contribution is 2.65. The van der Waals surface area contributed by atoms with Crippen molar-refractivity contribution in [3.8, 4) is 0 Å². The number of amides is 1. The maximum atomic E-state index is 13.7. The van der Waals surface area contributed by atoms with Gasteiger partial charge < -0.3 is 5.32 Å². The Labute approximate surface area is 174 Å². The van der Waals surface area contributed by atoms with Crippen molar-refractivity contribution < 1.29 is 4.79 Å². The van der Waals surface area contributed by atoms with E-state index in [0.717, 1.165) is 18.8 Å². The van der Waals surface area contributed by atoms with Crippen molar-refractivity contribution in [2.45, 2.75) is 64.3 Å². The van der Waals surface area contributed by atoms with E-state index in [1.807, 2.05) is 0 Å². The van der Waals surface area contributed by atoms with Crippen LogP contribution in [0.5, 0.6) is 0 Å². The van der Waals surface area contributed by atoms with Crippen LogP contribution in [0.25, 0.3) is 0 Å². The first kappa shape index (κ1) is 17.7. The summed E-state index contributed by atoms with van der Waals surface area (Å²) in [5, 5.41) is 3.58. The highest BCUT2D eigenvalue weighted by atomic mass is 16.2. The van der Waals surface area contributed by atoms with Gasteiger partial charge in [-0.1, -0.05) is 69.3 Å². The molecule has 2 fully saturated rings. The first-order valence-electron chi connectivity index (χ1n) is 11.4. The molecule has 0 spiro atoms. The number of hydrogen-bond acceptors (Lipinski definition) is 1. The molecular weight excluding hydrogens is 354 g/mol. The normalized spacial score (nSPS) is 37.8. The Morgan fingerprint density at radius 1 is 0.897 bits per heavy atom. The maximum absolute atomic E-state index is 13.7. The minimum absolute atomic E-state index is 0.0515. The van der Waals surface area contributed by atoms with Gasteiger partial charge in [0.25, 0.3) is 0 Å². The number of benzene rings is 2. The molecule has 0 aromatic heterocycles. The monoisotopic (exact) mass is 385 g/mol. The van der Waals surface area contributed by atoms with Gasteiger partial charge in [-0.15, -0.1) is 0 Å². The van der Waals surface area contributed by atoms with Gasteiger partial charge in [0.05, 0.1) is 0 Å². The van der Waals surface area contributed by atoms with Gasteiger partial charge in [0.1, 0.15) is 0 Å². The summed E-state index contributed by atoms with van der Waals surface area (Å²) in [5.74, 6) is 1.65. The van der Waals surface area contributed by atoms with E-state index in [0.29, 0.717) is 23.3 Å². The molecule has 0 heterocycles. The van der Waals surface area contributed by atoms with E-state index in [1.165, 1.54) is 35.1 Å². The molecule has 7 rings (SSSR count). The Balaban J connectivity index is 1.34. The minimum Gasteiger partial charge on any atom is -0.353 e. The molecule has 0 radical (unpaired) electrons. The maximum Gasteiger partial charge on any atom is 0.224 e. The van der Waals surface area contributed by atoms with Gasteiger partial charge in [0.15, 0.2) is 0 Å². The number of fused-ring (bicyclic) bond motifs is 3. The Kier molecular flexibility index (Phi) is 3.51. The zero-order valence-corrected chi connectivity index (χ0v) is 17.7. The van der Waals surface area contributed by atoms with Crippen molar-refractivity contribution in [2.24, 2.45) is 22.7 Å². The third kappa shape index (κ3) is 2.15. The average Bonchev–Trinajstić information content (AvgIpc) is 3.07. The van der Waals surface area contributed by atoms with Crippen LogP contribution >= 0.6 is 0 Å². The van der Waals surface area contributed by atoms with E-state index in [2.05, 4.69) is 74.6 Å². The molecule has 0 aliphatic heterocycles. The lowest BCUT2D eigenvalue weighted by Gasteiger charge is -2.46. The zero-order chi connectivity index (χ0) is 20.0. The number of hydrogen-bond donors (Lipinski definition) is 1. The van der Waals surface area contributed by atoms with E-state index in [-0.39, 0.29) is 17.3 Å². The first-order chi connectivity index (χ1) is 13.9. The lowest BCUT2D eigenvalue weighted by atomic mass is 9.59. The molecule has 0 saturated heterocycles. The van der Waals surface area contributed by atoms with Gasteiger partial charge in [-0.25, -0.2) is 0 Å². The first-order valence-corrected chi connectivity index (χ1v) is 11.4. The summed E-state index contributed by atoms with van der Waals surface area (Å²) in [6, 6.07) is 18.0. The highest BCUT2D eigenvalue weighted by Gasteiger charge is 2.62. The summed E-state index contributed by atoms with van der Waals surface area (Å²) < 4.78 is 0. The molecule has 5 aliphatic rings. The van der Waals surface area contributed by atoms with Crippen LogP contribution in [-0.4, -0.2) is 11.9 Å². The van der Waals surface area contributed by atoms with Gasteiger partial charge >= 0.3 is 0 Å². The molecule has 1 amide bonds. The van der Waals surface area contributed by atoms with Gasteiger partial charge in [0, 0.05) is 23.8 Å². The molecule has 1 N–H and O–H groups in total. The molecule has 5 aliphatic carbocycles. The predicted molar refractivity (Wildman–Crippen MR) is 116 cm³/mol. The van der Waals surface area contributed by atoms with Crippen LogP contribution in [0.4, 0.5) is 0 Å². The highest BCUT2D eigenvalue weighted by molar-refractivity contribution is 5.83.